The summed E-state index contributed by atoms with van der Waals surface area (Å²) in [5, 5.41) is 20.1. The van der Waals surface area contributed by atoms with Gasteiger partial charge in [0.2, 0.25) is 0 Å². The molecule has 0 bridgehead atoms. The van der Waals surface area contributed by atoms with Crippen LogP contribution < -0.4 is 5.32 Å². The van der Waals surface area contributed by atoms with Crippen LogP contribution in [-0.4, -0.2) is 20.3 Å². The van der Waals surface area contributed by atoms with Crippen molar-refractivity contribution < 1.29 is 9.52 Å². The molecule has 0 spiro atoms. The molecule has 2 heterocycles. The predicted molar refractivity (Wildman–Crippen MR) is 73.7 cm³/mol. The van der Waals surface area contributed by atoms with Crippen LogP contribution in [0.5, 0.6) is 5.75 Å². The van der Waals surface area contributed by atoms with Crippen molar-refractivity contribution in [1.82, 2.24) is 15.2 Å². The fourth-order valence-corrected chi connectivity index (χ4v) is 1.75. The fourth-order valence-electron chi connectivity index (χ4n) is 1.75. The molecule has 0 amide bonds. The van der Waals surface area contributed by atoms with Gasteiger partial charge in [0.25, 0.3) is 5.89 Å². The van der Waals surface area contributed by atoms with Gasteiger partial charge in [-0.2, -0.15) is 0 Å². The first kappa shape index (κ1) is 12.2. The van der Waals surface area contributed by atoms with Crippen LogP contribution in [0.3, 0.4) is 0 Å². The van der Waals surface area contributed by atoms with E-state index in [2.05, 4.69) is 20.5 Å². The Labute approximate surface area is 115 Å². The second-order valence-electron chi connectivity index (χ2n) is 4.25. The maximum absolute atomic E-state index is 9.39. The Morgan fingerprint density at radius 2 is 1.95 bits per heavy atom. The van der Waals surface area contributed by atoms with Crippen molar-refractivity contribution in [3.05, 3.63) is 48.2 Å². The number of nitrogens with zero attached hydrogens (tertiary/aromatic N) is 3. The highest BCUT2D eigenvalue weighted by Gasteiger charge is 2.10. The van der Waals surface area contributed by atoms with Gasteiger partial charge in [0.1, 0.15) is 11.4 Å². The molecule has 0 saturated heterocycles. The van der Waals surface area contributed by atoms with E-state index in [1.165, 1.54) is 0 Å². The van der Waals surface area contributed by atoms with Crippen LogP contribution >= 0.6 is 0 Å². The first-order chi connectivity index (χ1) is 9.70. The van der Waals surface area contributed by atoms with Gasteiger partial charge in [0.05, 0.1) is 0 Å². The van der Waals surface area contributed by atoms with Crippen LogP contribution in [0.2, 0.25) is 0 Å². The van der Waals surface area contributed by atoms with Gasteiger partial charge in [-0.05, 0) is 31.2 Å². The lowest BCUT2D eigenvalue weighted by atomic mass is 10.3. The molecule has 3 rings (SSSR count). The van der Waals surface area contributed by atoms with Gasteiger partial charge in [-0.1, -0.05) is 17.2 Å². The highest BCUT2D eigenvalue weighted by molar-refractivity contribution is 5.56. The van der Waals surface area contributed by atoms with Crippen LogP contribution in [0.15, 0.2) is 46.9 Å². The third-order valence-corrected chi connectivity index (χ3v) is 2.63. The van der Waals surface area contributed by atoms with Crippen LogP contribution in [0.1, 0.15) is 5.69 Å². The quantitative estimate of drug-likeness (QED) is 0.759. The molecule has 0 unspecified atom stereocenters. The molecule has 0 aliphatic rings. The number of phenols is 1. The lowest BCUT2D eigenvalue weighted by Crippen LogP contribution is -1.89. The van der Waals surface area contributed by atoms with E-state index < -0.39 is 0 Å². The molecule has 3 aromatic rings. The van der Waals surface area contributed by atoms with Crippen LogP contribution in [-0.2, 0) is 0 Å². The zero-order chi connectivity index (χ0) is 13.9. The number of hydrogen-bond donors (Lipinski definition) is 2. The minimum atomic E-state index is 0.162. The monoisotopic (exact) mass is 268 g/mol. The van der Waals surface area contributed by atoms with Crippen molar-refractivity contribution in [3.8, 4) is 17.3 Å². The second kappa shape index (κ2) is 5.00. The summed E-state index contributed by atoms with van der Waals surface area (Å²) in [6, 6.07) is 12.5. The smallest absolute Gasteiger partial charge is 0.320 e. The Morgan fingerprint density at radius 1 is 1.10 bits per heavy atom. The fraction of sp³-hybridized carbons (Fsp3) is 0.0714. The van der Waals surface area contributed by atoms with Crippen molar-refractivity contribution in [3.63, 3.8) is 0 Å². The molecular formula is C14H12N4O2. The Hall–Kier alpha value is -2.89. The predicted octanol–water partition coefficient (Wildman–Crippen LogP) is 2.89. The number of rotatable bonds is 3. The average molecular weight is 268 g/mol. The molecule has 0 aliphatic heterocycles. The Kier molecular flexibility index (Phi) is 3.04. The van der Waals surface area contributed by atoms with Crippen molar-refractivity contribution in [2.24, 2.45) is 0 Å². The first-order valence-corrected chi connectivity index (χ1v) is 6.04. The Balaban J connectivity index is 1.84. The summed E-state index contributed by atoms with van der Waals surface area (Å²) >= 11 is 0. The summed E-state index contributed by atoms with van der Waals surface area (Å²) in [6.07, 6.45) is 0. The van der Waals surface area contributed by atoms with E-state index in [1.54, 1.807) is 30.3 Å². The number of aryl methyl sites for hydroxylation is 1. The van der Waals surface area contributed by atoms with Gasteiger partial charge in [-0.3, -0.25) is 0 Å². The van der Waals surface area contributed by atoms with E-state index in [-0.39, 0.29) is 11.8 Å². The number of pyridine rings is 1. The van der Waals surface area contributed by atoms with Gasteiger partial charge < -0.3 is 14.8 Å². The highest BCUT2D eigenvalue weighted by Crippen LogP contribution is 2.22. The molecule has 1 aromatic carbocycles. The van der Waals surface area contributed by atoms with Crippen molar-refractivity contribution in [2.45, 2.75) is 6.92 Å². The van der Waals surface area contributed by atoms with E-state index >= 15 is 0 Å². The zero-order valence-corrected chi connectivity index (χ0v) is 10.7. The van der Waals surface area contributed by atoms with E-state index in [0.717, 1.165) is 5.69 Å². The van der Waals surface area contributed by atoms with Crippen LogP contribution in [0.4, 0.5) is 11.7 Å². The number of phenolic OH excluding ortho intramolecular Hbond substituents is 1. The molecule has 6 nitrogen and oxygen atoms in total. The standard InChI is InChI=1S/C14H12N4O2/c1-9-4-2-7-12(15-9)13-17-18-14(20-13)16-10-5-3-6-11(19)8-10/h2-8,19H,1H3,(H,16,18). The van der Waals surface area contributed by atoms with E-state index in [4.69, 9.17) is 4.42 Å². The molecule has 100 valence electrons. The van der Waals surface area contributed by atoms with Gasteiger partial charge in [-0.25, -0.2) is 4.98 Å². The molecule has 0 atom stereocenters. The lowest BCUT2D eigenvalue weighted by Gasteiger charge is -2.00. The Bertz CT molecular complexity index is 739. The van der Waals surface area contributed by atoms with E-state index in [1.807, 2.05) is 19.1 Å². The first-order valence-electron chi connectivity index (χ1n) is 6.04. The maximum Gasteiger partial charge on any atom is 0.320 e. The number of aromatic hydroxyl groups is 1. The van der Waals surface area contributed by atoms with Gasteiger partial charge in [-0.15, -0.1) is 5.10 Å². The number of nitrogens with one attached hydrogen (secondary N) is 1. The molecule has 2 N–H and O–H groups in total. The number of hydrogen-bond acceptors (Lipinski definition) is 6. The van der Waals surface area contributed by atoms with E-state index in [9.17, 15) is 5.11 Å². The summed E-state index contributed by atoms with van der Waals surface area (Å²) in [4.78, 5) is 4.31. The van der Waals surface area contributed by atoms with Crippen molar-refractivity contribution >= 4 is 11.7 Å². The summed E-state index contributed by atoms with van der Waals surface area (Å²) in [5.41, 5.74) is 2.17. The topological polar surface area (TPSA) is 84.1 Å². The van der Waals surface area contributed by atoms with Crippen molar-refractivity contribution in [2.75, 3.05) is 5.32 Å². The molecule has 0 radical (unpaired) electrons. The zero-order valence-electron chi connectivity index (χ0n) is 10.7. The largest absolute Gasteiger partial charge is 0.508 e. The molecule has 20 heavy (non-hydrogen) atoms. The maximum atomic E-state index is 9.39. The number of benzene rings is 1. The molecule has 0 fully saturated rings. The molecule has 0 aliphatic carbocycles. The SMILES string of the molecule is Cc1cccc(-c2nnc(Nc3cccc(O)c3)o2)n1. The van der Waals surface area contributed by atoms with E-state index in [0.29, 0.717) is 17.3 Å². The molecule has 2 aromatic heterocycles. The summed E-state index contributed by atoms with van der Waals surface area (Å²) in [7, 11) is 0. The average Bonchev–Trinajstić information content (AvgIpc) is 2.87. The molecule has 6 heteroatoms. The van der Waals surface area contributed by atoms with Crippen molar-refractivity contribution in [1.29, 1.82) is 0 Å². The van der Waals surface area contributed by atoms with Gasteiger partial charge >= 0.3 is 6.01 Å². The third kappa shape index (κ3) is 2.59. The third-order valence-electron chi connectivity index (χ3n) is 2.63. The lowest BCUT2D eigenvalue weighted by molar-refractivity contribution is 0.475. The van der Waals surface area contributed by atoms with Crippen LogP contribution in [0.25, 0.3) is 11.6 Å². The van der Waals surface area contributed by atoms with Gasteiger partial charge in [0, 0.05) is 17.4 Å². The molecule has 0 saturated carbocycles. The summed E-state index contributed by atoms with van der Waals surface area (Å²) in [5.74, 6) is 0.506. The summed E-state index contributed by atoms with van der Waals surface area (Å²) in [6.45, 7) is 1.89. The highest BCUT2D eigenvalue weighted by atomic mass is 16.4. The van der Waals surface area contributed by atoms with Gasteiger partial charge in [0.15, 0.2) is 0 Å². The summed E-state index contributed by atoms with van der Waals surface area (Å²) < 4.78 is 5.49. The minimum Gasteiger partial charge on any atom is -0.508 e. The van der Waals surface area contributed by atoms with Crippen LogP contribution in [0, 0.1) is 6.92 Å². The number of aromatic nitrogens is 3. The molecular weight excluding hydrogens is 256 g/mol. The number of anilines is 2. The minimum absolute atomic E-state index is 0.162. The second-order valence-corrected chi connectivity index (χ2v) is 4.25. The normalized spacial score (nSPS) is 10.4. The Morgan fingerprint density at radius 3 is 2.75 bits per heavy atom.